The smallest absolute Gasteiger partial charge is 0.266 e. The first-order valence-corrected chi connectivity index (χ1v) is 6.86. The minimum atomic E-state index is -0.164. The summed E-state index contributed by atoms with van der Waals surface area (Å²) in [6, 6.07) is 7.47. The standard InChI is InChI=1S/C12H11IN4OS/c1-17(11-9(13)12(18)16-6-15-11)8-4-2-3-7(5-8)10(14)19/h2-6H,1H3,(H2,14,19)(H,15,16,18). The Morgan fingerprint density at radius 1 is 1.53 bits per heavy atom. The molecule has 0 aliphatic heterocycles. The van der Waals surface area contributed by atoms with Crippen molar-refractivity contribution in [1.29, 1.82) is 0 Å². The maximum Gasteiger partial charge on any atom is 0.266 e. The summed E-state index contributed by atoms with van der Waals surface area (Å²) < 4.78 is 0.531. The molecular formula is C12H11IN4OS. The molecule has 0 saturated heterocycles. The maximum absolute atomic E-state index is 11.6. The molecule has 3 N–H and O–H groups in total. The van der Waals surface area contributed by atoms with Crippen LogP contribution >= 0.6 is 34.8 Å². The number of benzene rings is 1. The number of rotatable bonds is 3. The average Bonchev–Trinajstić information content (AvgIpc) is 2.41. The van der Waals surface area contributed by atoms with Gasteiger partial charge in [0.05, 0.1) is 6.33 Å². The predicted octanol–water partition coefficient (Wildman–Crippen LogP) is 1.78. The number of halogens is 1. The molecule has 5 nitrogen and oxygen atoms in total. The molecule has 2 rings (SSSR count). The molecule has 0 fully saturated rings. The lowest BCUT2D eigenvalue weighted by atomic mass is 10.2. The summed E-state index contributed by atoms with van der Waals surface area (Å²) in [7, 11) is 1.84. The Balaban J connectivity index is 2.47. The number of aromatic nitrogens is 2. The van der Waals surface area contributed by atoms with E-state index in [1.807, 2.05) is 58.8 Å². The van der Waals surface area contributed by atoms with Crippen LogP contribution in [0.4, 0.5) is 11.5 Å². The number of nitrogens with zero attached hydrogens (tertiary/aromatic N) is 2. The Morgan fingerprint density at radius 3 is 2.95 bits per heavy atom. The largest absolute Gasteiger partial charge is 0.389 e. The van der Waals surface area contributed by atoms with E-state index in [4.69, 9.17) is 18.0 Å². The zero-order chi connectivity index (χ0) is 14.0. The molecule has 0 spiro atoms. The fourth-order valence-corrected chi connectivity index (χ4v) is 2.38. The Kier molecular flexibility index (Phi) is 4.15. The van der Waals surface area contributed by atoms with E-state index in [2.05, 4.69) is 9.97 Å². The number of hydrogen-bond acceptors (Lipinski definition) is 4. The Morgan fingerprint density at radius 2 is 2.26 bits per heavy atom. The van der Waals surface area contributed by atoms with Gasteiger partial charge in [-0.05, 0) is 34.7 Å². The zero-order valence-corrected chi connectivity index (χ0v) is 13.0. The average molecular weight is 386 g/mol. The number of H-pyrrole nitrogens is 1. The van der Waals surface area contributed by atoms with Gasteiger partial charge in [0.1, 0.15) is 8.56 Å². The van der Waals surface area contributed by atoms with Gasteiger partial charge in [0.15, 0.2) is 5.82 Å². The molecule has 1 aromatic carbocycles. The fourth-order valence-electron chi connectivity index (χ4n) is 1.60. The highest BCUT2D eigenvalue weighted by Crippen LogP contribution is 2.24. The summed E-state index contributed by atoms with van der Waals surface area (Å²) in [5.41, 5.74) is 7.09. The van der Waals surface area contributed by atoms with Crippen LogP contribution in [0, 0.1) is 3.57 Å². The van der Waals surface area contributed by atoms with E-state index in [-0.39, 0.29) is 5.56 Å². The van der Waals surface area contributed by atoms with Gasteiger partial charge in [-0.15, -0.1) is 0 Å². The summed E-state index contributed by atoms with van der Waals surface area (Å²) in [5, 5.41) is 0. The minimum Gasteiger partial charge on any atom is -0.389 e. The highest BCUT2D eigenvalue weighted by atomic mass is 127. The SMILES string of the molecule is CN(c1cccc(C(N)=S)c1)c1nc[nH]c(=O)c1I. The van der Waals surface area contributed by atoms with E-state index < -0.39 is 0 Å². The van der Waals surface area contributed by atoms with Crippen LogP contribution in [0.5, 0.6) is 0 Å². The zero-order valence-electron chi connectivity index (χ0n) is 10.1. The van der Waals surface area contributed by atoms with Gasteiger partial charge < -0.3 is 15.6 Å². The van der Waals surface area contributed by atoms with Crippen molar-refractivity contribution >= 4 is 51.3 Å². The van der Waals surface area contributed by atoms with Crippen LogP contribution in [0.1, 0.15) is 5.56 Å². The molecule has 0 aliphatic carbocycles. The molecule has 0 amide bonds. The van der Waals surface area contributed by atoms with E-state index >= 15 is 0 Å². The normalized spacial score (nSPS) is 10.2. The summed E-state index contributed by atoms with van der Waals surface area (Å²) in [6.07, 6.45) is 1.38. The third-order valence-electron chi connectivity index (χ3n) is 2.61. The van der Waals surface area contributed by atoms with Crippen molar-refractivity contribution in [3.63, 3.8) is 0 Å². The number of anilines is 2. The molecule has 2 aromatic rings. The second kappa shape index (κ2) is 5.66. The Hall–Kier alpha value is -1.48. The predicted molar refractivity (Wildman–Crippen MR) is 88.0 cm³/mol. The minimum absolute atomic E-state index is 0.164. The van der Waals surface area contributed by atoms with E-state index in [1.165, 1.54) is 6.33 Å². The monoisotopic (exact) mass is 386 g/mol. The topological polar surface area (TPSA) is 75.0 Å². The summed E-state index contributed by atoms with van der Waals surface area (Å²) >= 11 is 6.93. The Labute approximate surface area is 129 Å². The van der Waals surface area contributed by atoms with Crippen LogP contribution in [0.2, 0.25) is 0 Å². The second-order valence-corrected chi connectivity index (χ2v) is 5.36. The van der Waals surface area contributed by atoms with Crippen LogP contribution in [-0.4, -0.2) is 22.0 Å². The highest BCUT2D eigenvalue weighted by molar-refractivity contribution is 14.1. The third kappa shape index (κ3) is 2.92. The van der Waals surface area contributed by atoms with Crippen LogP contribution in [0.3, 0.4) is 0 Å². The van der Waals surface area contributed by atoms with E-state index in [1.54, 1.807) is 0 Å². The molecule has 0 atom stereocenters. The van der Waals surface area contributed by atoms with Crippen molar-refractivity contribution in [2.24, 2.45) is 5.73 Å². The number of nitrogens with two attached hydrogens (primary N) is 1. The second-order valence-electron chi connectivity index (χ2n) is 3.84. The van der Waals surface area contributed by atoms with Crippen LogP contribution in [0.15, 0.2) is 35.4 Å². The van der Waals surface area contributed by atoms with Gasteiger partial charge in [-0.25, -0.2) is 4.98 Å². The van der Waals surface area contributed by atoms with Crippen LogP contribution in [-0.2, 0) is 0 Å². The van der Waals surface area contributed by atoms with E-state index in [0.717, 1.165) is 11.3 Å². The van der Waals surface area contributed by atoms with Crippen molar-refractivity contribution in [2.45, 2.75) is 0 Å². The molecule has 0 saturated carbocycles. The number of thiocarbonyl (C=S) groups is 1. The summed E-state index contributed by atoms with van der Waals surface area (Å²) in [5.74, 6) is 0.587. The van der Waals surface area contributed by atoms with Gasteiger partial charge in [0.25, 0.3) is 5.56 Å². The van der Waals surface area contributed by atoms with Crippen molar-refractivity contribution in [3.05, 3.63) is 50.1 Å². The first-order valence-electron chi connectivity index (χ1n) is 5.37. The molecule has 1 heterocycles. The van der Waals surface area contributed by atoms with E-state index in [9.17, 15) is 4.79 Å². The van der Waals surface area contributed by atoms with Gasteiger partial charge in [0, 0.05) is 18.3 Å². The van der Waals surface area contributed by atoms with Crippen LogP contribution in [0.25, 0.3) is 0 Å². The quantitative estimate of drug-likeness (QED) is 0.622. The maximum atomic E-state index is 11.6. The molecule has 7 heteroatoms. The van der Waals surface area contributed by atoms with Crippen molar-refractivity contribution < 1.29 is 0 Å². The van der Waals surface area contributed by atoms with Crippen molar-refractivity contribution in [2.75, 3.05) is 11.9 Å². The van der Waals surface area contributed by atoms with Crippen molar-refractivity contribution in [3.8, 4) is 0 Å². The lowest BCUT2D eigenvalue weighted by molar-refractivity contribution is 1.04. The van der Waals surface area contributed by atoms with Gasteiger partial charge in [0.2, 0.25) is 0 Å². The summed E-state index contributed by atoms with van der Waals surface area (Å²) in [4.78, 5) is 20.5. The molecule has 0 bridgehead atoms. The molecule has 1 aromatic heterocycles. The van der Waals surface area contributed by atoms with Crippen molar-refractivity contribution in [1.82, 2.24) is 9.97 Å². The van der Waals surface area contributed by atoms with Crippen LogP contribution < -0.4 is 16.2 Å². The Bertz CT molecular complexity index is 685. The number of aromatic amines is 1. The lowest BCUT2D eigenvalue weighted by Crippen LogP contribution is -2.20. The third-order valence-corrected chi connectivity index (χ3v) is 3.82. The molecule has 0 aliphatic rings. The molecule has 0 radical (unpaired) electrons. The first-order chi connectivity index (χ1) is 9.00. The van der Waals surface area contributed by atoms with Gasteiger partial charge in [-0.1, -0.05) is 24.4 Å². The fraction of sp³-hybridized carbons (Fsp3) is 0.0833. The lowest BCUT2D eigenvalue weighted by Gasteiger charge is -2.19. The van der Waals surface area contributed by atoms with Gasteiger partial charge >= 0.3 is 0 Å². The summed E-state index contributed by atoms with van der Waals surface area (Å²) in [6.45, 7) is 0. The number of nitrogens with one attached hydrogen (secondary N) is 1. The highest BCUT2D eigenvalue weighted by Gasteiger charge is 2.12. The number of hydrogen-bond donors (Lipinski definition) is 2. The first kappa shape index (κ1) is 13.9. The molecule has 19 heavy (non-hydrogen) atoms. The molecule has 0 unspecified atom stereocenters. The van der Waals surface area contributed by atoms with Gasteiger partial charge in [-0.3, -0.25) is 4.79 Å². The molecular weight excluding hydrogens is 375 g/mol. The molecule has 98 valence electrons. The van der Waals surface area contributed by atoms with Gasteiger partial charge in [-0.2, -0.15) is 0 Å². The van der Waals surface area contributed by atoms with E-state index in [0.29, 0.717) is 14.4 Å².